The lowest BCUT2D eigenvalue weighted by molar-refractivity contribution is 0.930. The number of para-hydroxylation sites is 1. The van der Waals surface area contributed by atoms with Crippen LogP contribution in [0.25, 0.3) is 22.2 Å². The van der Waals surface area contributed by atoms with Crippen LogP contribution < -0.4 is 5.73 Å². The van der Waals surface area contributed by atoms with E-state index in [4.69, 9.17) is 5.73 Å². The minimum absolute atomic E-state index is 0.624. The van der Waals surface area contributed by atoms with Crippen LogP contribution in [0.4, 0.5) is 0 Å². The van der Waals surface area contributed by atoms with E-state index >= 15 is 0 Å². The Hall–Kier alpha value is -2.07. The van der Waals surface area contributed by atoms with Gasteiger partial charge in [-0.3, -0.25) is 0 Å². The standard InChI is InChI=1S/C15H18N4/c1-10-17-13(7-8-16)15(18-10)12-9-19(2)14-6-4-3-5-11(12)14/h3-6,9H,7-8,16H2,1-2H3,(H,17,18). The summed E-state index contributed by atoms with van der Waals surface area (Å²) < 4.78 is 2.14. The Morgan fingerprint density at radius 3 is 2.89 bits per heavy atom. The van der Waals surface area contributed by atoms with E-state index in [1.54, 1.807) is 0 Å². The maximum atomic E-state index is 5.68. The first kappa shape index (κ1) is 12.0. The van der Waals surface area contributed by atoms with Crippen LogP contribution in [0.15, 0.2) is 30.5 Å². The van der Waals surface area contributed by atoms with Gasteiger partial charge in [0.05, 0.1) is 5.69 Å². The second kappa shape index (κ2) is 4.55. The first-order chi connectivity index (χ1) is 9.20. The molecule has 98 valence electrons. The third kappa shape index (κ3) is 1.94. The lowest BCUT2D eigenvalue weighted by atomic mass is 10.1. The number of rotatable bonds is 3. The van der Waals surface area contributed by atoms with E-state index < -0.39 is 0 Å². The number of fused-ring (bicyclic) bond motifs is 1. The number of nitrogens with zero attached hydrogens (tertiary/aromatic N) is 2. The normalized spacial score (nSPS) is 11.3. The lowest BCUT2D eigenvalue weighted by Crippen LogP contribution is -2.04. The Morgan fingerprint density at radius 1 is 1.32 bits per heavy atom. The highest BCUT2D eigenvalue weighted by Gasteiger charge is 2.15. The van der Waals surface area contributed by atoms with Crippen LogP contribution in [-0.2, 0) is 13.5 Å². The van der Waals surface area contributed by atoms with Crippen molar-refractivity contribution in [3.05, 3.63) is 42.0 Å². The zero-order valence-corrected chi connectivity index (χ0v) is 11.3. The van der Waals surface area contributed by atoms with Crippen molar-refractivity contribution in [1.82, 2.24) is 14.5 Å². The fraction of sp³-hybridized carbons (Fsp3) is 0.267. The monoisotopic (exact) mass is 254 g/mol. The maximum Gasteiger partial charge on any atom is 0.103 e. The van der Waals surface area contributed by atoms with Crippen molar-refractivity contribution in [2.24, 2.45) is 12.8 Å². The van der Waals surface area contributed by atoms with Crippen molar-refractivity contribution < 1.29 is 0 Å². The molecule has 0 amide bonds. The van der Waals surface area contributed by atoms with E-state index in [0.717, 1.165) is 23.6 Å². The van der Waals surface area contributed by atoms with Gasteiger partial charge in [0.1, 0.15) is 5.82 Å². The summed E-state index contributed by atoms with van der Waals surface area (Å²) in [6, 6.07) is 8.39. The number of aromatic amines is 1. The molecule has 0 unspecified atom stereocenters. The molecule has 0 aliphatic heterocycles. The van der Waals surface area contributed by atoms with Crippen molar-refractivity contribution in [1.29, 1.82) is 0 Å². The van der Waals surface area contributed by atoms with Gasteiger partial charge in [-0.25, -0.2) is 4.98 Å². The van der Waals surface area contributed by atoms with E-state index in [0.29, 0.717) is 6.54 Å². The molecule has 0 bridgehead atoms. The second-order valence-electron chi connectivity index (χ2n) is 4.86. The summed E-state index contributed by atoms with van der Waals surface area (Å²) in [7, 11) is 2.06. The second-order valence-corrected chi connectivity index (χ2v) is 4.86. The Balaban J connectivity index is 2.24. The summed E-state index contributed by atoms with van der Waals surface area (Å²) in [5.41, 5.74) is 10.2. The topological polar surface area (TPSA) is 59.6 Å². The van der Waals surface area contributed by atoms with E-state index in [1.165, 1.54) is 16.5 Å². The Bertz CT molecular complexity index is 721. The van der Waals surface area contributed by atoms with Crippen LogP contribution >= 0.6 is 0 Å². The number of benzene rings is 1. The van der Waals surface area contributed by atoms with Crippen LogP contribution in [-0.4, -0.2) is 21.1 Å². The molecule has 0 atom stereocenters. The third-order valence-corrected chi connectivity index (χ3v) is 3.44. The molecular formula is C15H18N4. The molecule has 3 rings (SSSR count). The summed E-state index contributed by atoms with van der Waals surface area (Å²) in [6.45, 7) is 2.61. The zero-order chi connectivity index (χ0) is 13.4. The number of nitrogens with two attached hydrogens (primary N) is 1. The fourth-order valence-electron chi connectivity index (χ4n) is 2.62. The summed E-state index contributed by atoms with van der Waals surface area (Å²) in [6.07, 6.45) is 2.96. The highest BCUT2D eigenvalue weighted by molar-refractivity contribution is 5.95. The molecular weight excluding hydrogens is 236 g/mol. The van der Waals surface area contributed by atoms with Gasteiger partial charge in [-0.05, 0) is 19.5 Å². The highest BCUT2D eigenvalue weighted by atomic mass is 15.0. The predicted molar refractivity (Wildman–Crippen MR) is 78.0 cm³/mol. The van der Waals surface area contributed by atoms with Gasteiger partial charge >= 0.3 is 0 Å². The van der Waals surface area contributed by atoms with Crippen LogP contribution in [0.1, 0.15) is 11.5 Å². The summed E-state index contributed by atoms with van der Waals surface area (Å²) in [5, 5.41) is 1.23. The van der Waals surface area contributed by atoms with Gasteiger partial charge in [-0.15, -0.1) is 0 Å². The molecule has 3 N–H and O–H groups in total. The molecule has 2 aromatic heterocycles. The van der Waals surface area contributed by atoms with Gasteiger partial charge in [0.25, 0.3) is 0 Å². The minimum Gasteiger partial charge on any atom is -0.350 e. The quantitative estimate of drug-likeness (QED) is 0.754. The molecule has 19 heavy (non-hydrogen) atoms. The number of aryl methyl sites for hydroxylation is 2. The molecule has 0 saturated heterocycles. The molecule has 2 heterocycles. The average molecular weight is 254 g/mol. The van der Waals surface area contributed by atoms with E-state index in [9.17, 15) is 0 Å². The average Bonchev–Trinajstić information content (AvgIpc) is 2.92. The number of hydrogen-bond donors (Lipinski definition) is 2. The molecule has 0 aliphatic rings. The number of aromatic nitrogens is 3. The van der Waals surface area contributed by atoms with Gasteiger partial charge in [0.15, 0.2) is 0 Å². The smallest absolute Gasteiger partial charge is 0.103 e. The Labute approximate surface area is 112 Å². The van der Waals surface area contributed by atoms with Crippen molar-refractivity contribution in [3.63, 3.8) is 0 Å². The van der Waals surface area contributed by atoms with Crippen LogP contribution in [0.2, 0.25) is 0 Å². The first-order valence-corrected chi connectivity index (χ1v) is 6.50. The Kier molecular flexibility index (Phi) is 2.87. The molecule has 0 aliphatic carbocycles. The van der Waals surface area contributed by atoms with Gasteiger partial charge in [0.2, 0.25) is 0 Å². The minimum atomic E-state index is 0.624. The van der Waals surface area contributed by atoms with Gasteiger partial charge in [-0.2, -0.15) is 0 Å². The summed E-state index contributed by atoms with van der Waals surface area (Å²) in [4.78, 5) is 7.96. The fourth-order valence-corrected chi connectivity index (χ4v) is 2.62. The molecule has 4 nitrogen and oxygen atoms in total. The molecule has 0 spiro atoms. The third-order valence-electron chi connectivity index (χ3n) is 3.44. The van der Waals surface area contributed by atoms with Gasteiger partial charge < -0.3 is 15.3 Å². The molecule has 1 aromatic carbocycles. The Morgan fingerprint density at radius 2 is 2.11 bits per heavy atom. The molecule has 0 saturated carbocycles. The summed E-state index contributed by atoms with van der Waals surface area (Å²) >= 11 is 0. The van der Waals surface area contributed by atoms with Crippen LogP contribution in [0, 0.1) is 6.92 Å². The van der Waals surface area contributed by atoms with Gasteiger partial charge in [-0.1, -0.05) is 18.2 Å². The van der Waals surface area contributed by atoms with E-state index in [2.05, 4.69) is 52.0 Å². The number of H-pyrrole nitrogens is 1. The van der Waals surface area contributed by atoms with Crippen molar-refractivity contribution >= 4 is 10.9 Å². The molecule has 4 heteroatoms. The molecule has 3 aromatic rings. The lowest BCUT2D eigenvalue weighted by Gasteiger charge is -1.99. The maximum absolute atomic E-state index is 5.68. The SMILES string of the molecule is Cc1nc(-c2cn(C)c3ccccc23)c(CCN)[nH]1. The van der Waals surface area contributed by atoms with Crippen LogP contribution in [0.3, 0.4) is 0 Å². The van der Waals surface area contributed by atoms with E-state index in [1.807, 2.05) is 6.92 Å². The molecule has 0 fully saturated rings. The number of hydrogen-bond acceptors (Lipinski definition) is 2. The largest absolute Gasteiger partial charge is 0.350 e. The van der Waals surface area contributed by atoms with E-state index in [-0.39, 0.29) is 0 Å². The zero-order valence-electron chi connectivity index (χ0n) is 11.3. The predicted octanol–water partition coefficient (Wildman–Crippen LogP) is 2.38. The van der Waals surface area contributed by atoms with Gasteiger partial charge in [0, 0.05) is 41.8 Å². The number of nitrogens with one attached hydrogen (secondary N) is 1. The highest BCUT2D eigenvalue weighted by Crippen LogP contribution is 2.31. The number of imidazole rings is 1. The first-order valence-electron chi connectivity index (χ1n) is 6.50. The van der Waals surface area contributed by atoms with Crippen molar-refractivity contribution in [2.75, 3.05) is 6.54 Å². The summed E-state index contributed by atoms with van der Waals surface area (Å²) in [5.74, 6) is 0.936. The molecule has 0 radical (unpaired) electrons. The van der Waals surface area contributed by atoms with Crippen molar-refractivity contribution in [2.45, 2.75) is 13.3 Å². The van der Waals surface area contributed by atoms with Crippen LogP contribution in [0.5, 0.6) is 0 Å². The van der Waals surface area contributed by atoms with Crippen molar-refractivity contribution in [3.8, 4) is 11.3 Å².